The van der Waals surface area contributed by atoms with E-state index in [1.54, 1.807) is 7.11 Å². The summed E-state index contributed by atoms with van der Waals surface area (Å²) < 4.78 is 11.5. The maximum absolute atomic E-state index is 11.0. The molecule has 1 rings (SSSR count). The van der Waals surface area contributed by atoms with Crippen LogP contribution in [0.4, 0.5) is 0 Å². The molecular weight excluding hydrogens is 436 g/mol. The molecule has 4 heteroatoms. The van der Waals surface area contributed by atoms with Crippen molar-refractivity contribution < 1.29 is 14.6 Å². The van der Waals surface area contributed by atoms with E-state index in [9.17, 15) is 5.11 Å². The van der Waals surface area contributed by atoms with E-state index >= 15 is 0 Å². The van der Waals surface area contributed by atoms with Crippen LogP contribution in [0.2, 0.25) is 16.6 Å². The lowest BCUT2D eigenvalue weighted by Crippen LogP contribution is -2.43. The van der Waals surface area contributed by atoms with Gasteiger partial charge in [0.1, 0.15) is 13.8 Å². The first-order valence-electron chi connectivity index (χ1n) is 12.7. The summed E-state index contributed by atoms with van der Waals surface area (Å²) in [6.45, 7) is 20.5. The van der Waals surface area contributed by atoms with Gasteiger partial charge in [-0.05, 0) is 53.7 Å². The Kier molecular flexibility index (Phi) is 12.4. The first-order chi connectivity index (χ1) is 15.9. The Morgan fingerprint density at radius 3 is 2.03 bits per heavy atom. The van der Waals surface area contributed by atoms with Gasteiger partial charge in [0.2, 0.25) is 0 Å². The molecule has 0 aliphatic rings. The first-order valence-corrected chi connectivity index (χ1v) is 14.9. The lowest BCUT2D eigenvalue weighted by atomic mass is 9.79. The summed E-state index contributed by atoms with van der Waals surface area (Å²) in [5.41, 5.74) is 6.17. The third kappa shape index (κ3) is 7.87. The van der Waals surface area contributed by atoms with E-state index in [-0.39, 0.29) is 6.10 Å². The smallest absolute Gasteiger partial charge is 0.146 e. The maximum atomic E-state index is 11.0. The molecule has 0 saturated carbocycles. The van der Waals surface area contributed by atoms with Crippen LogP contribution in [0.5, 0.6) is 5.75 Å². The molecule has 0 aliphatic carbocycles. The standard InChI is InChI=1S/C30H48O3Si/c1-11-15-29(33-22-26-17-19-27(32-10)20-18-26)30(8,9)28(31)16-13-12-14-21-34(23(2)3,24(4)5)25(6)7/h11-13,15,17-20,23-25,28-29,31H,16,22H2,1-10H3/b13-12-,15-11+/t28-,29-/m0/s1. The molecule has 1 aromatic rings. The topological polar surface area (TPSA) is 38.7 Å². The highest BCUT2D eigenvalue weighted by Gasteiger charge is 2.41. The molecule has 2 atom stereocenters. The fourth-order valence-electron chi connectivity index (χ4n) is 4.95. The van der Waals surface area contributed by atoms with E-state index < -0.39 is 19.6 Å². The fraction of sp³-hybridized carbons (Fsp3) is 0.600. The Morgan fingerprint density at radius 1 is 1.00 bits per heavy atom. The Bertz CT molecular complexity index is 816. The minimum Gasteiger partial charge on any atom is -0.497 e. The van der Waals surface area contributed by atoms with Crippen LogP contribution in [-0.2, 0) is 11.3 Å². The van der Waals surface area contributed by atoms with E-state index in [1.165, 1.54) is 0 Å². The Labute approximate surface area is 210 Å². The van der Waals surface area contributed by atoms with Crippen LogP contribution < -0.4 is 4.74 Å². The van der Waals surface area contributed by atoms with Crippen molar-refractivity contribution in [3.05, 3.63) is 54.1 Å². The van der Waals surface area contributed by atoms with Gasteiger partial charge < -0.3 is 14.6 Å². The SMILES string of the molecule is C/C=C/[C@H](OCc1ccc(OC)cc1)C(C)(C)[C@@H](O)C/C=C\C#C[Si](C(C)C)(C(C)C)C(C)C. The highest BCUT2D eigenvalue weighted by Crippen LogP contribution is 2.40. The number of aliphatic hydroxyl groups excluding tert-OH is 1. The zero-order chi connectivity index (χ0) is 25.9. The molecular formula is C30H48O3Si. The third-order valence-electron chi connectivity index (χ3n) is 7.26. The molecule has 0 aliphatic heterocycles. The average molecular weight is 485 g/mol. The zero-order valence-electron chi connectivity index (χ0n) is 23.2. The van der Waals surface area contributed by atoms with Crippen molar-refractivity contribution in [2.24, 2.45) is 5.41 Å². The van der Waals surface area contributed by atoms with Crippen LogP contribution in [0.15, 0.2) is 48.6 Å². The fourth-order valence-corrected chi connectivity index (χ4v) is 10.1. The number of hydrogen-bond acceptors (Lipinski definition) is 3. The van der Waals surface area contributed by atoms with Gasteiger partial charge in [0, 0.05) is 5.41 Å². The number of allylic oxidation sites excluding steroid dienone is 2. The number of methoxy groups -OCH3 is 1. The lowest BCUT2D eigenvalue weighted by Gasteiger charge is -2.38. The summed E-state index contributed by atoms with van der Waals surface area (Å²) in [5.74, 6) is 4.18. The van der Waals surface area contributed by atoms with Gasteiger partial charge >= 0.3 is 0 Å². The molecule has 34 heavy (non-hydrogen) atoms. The monoisotopic (exact) mass is 484 g/mol. The lowest BCUT2D eigenvalue weighted by molar-refractivity contribution is -0.0669. The summed E-state index contributed by atoms with van der Waals surface area (Å²) in [6, 6.07) is 7.88. The molecule has 190 valence electrons. The molecule has 0 fully saturated rings. The number of hydrogen-bond donors (Lipinski definition) is 1. The molecule has 0 heterocycles. The van der Waals surface area contributed by atoms with Gasteiger partial charge in [-0.3, -0.25) is 0 Å². The van der Waals surface area contributed by atoms with Crippen molar-refractivity contribution in [1.82, 2.24) is 0 Å². The summed E-state index contributed by atoms with van der Waals surface area (Å²) in [7, 11) is -0.0695. The van der Waals surface area contributed by atoms with Gasteiger partial charge in [0.15, 0.2) is 0 Å². The Balaban J connectivity index is 2.88. The van der Waals surface area contributed by atoms with Crippen LogP contribution >= 0.6 is 0 Å². The quantitative estimate of drug-likeness (QED) is 0.187. The molecule has 0 spiro atoms. The molecule has 1 aromatic carbocycles. The molecule has 0 aromatic heterocycles. The van der Waals surface area contributed by atoms with Gasteiger partial charge in [0.05, 0.1) is 25.9 Å². The molecule has 1 N–H and O–H groups in total. The van der Waals surface area contributed by atoms with E-state index in [4.69, 9.17) is 9.47 Å². The first kappa shape index (κ1) is 30.2. The molecule has 0 amide bonds. The molecule has 0 radical (unpaired) electrons. The van der Waals surface area contributed by atoms with Crippen molar-refractivity contribution in [3.63, 3.8) is 0 Å². The second-order valence-corrected chi connectivity index (χ2v) is 16.3. The van der Waals surface area contributed by atoms with Gasteiger partial charge in [-0.15, -0.1) is 5.54 Å². The Hall–Kier alpha value is -1.80. The minimum absolute atomic E-state index is 0.211. The molecule has 0 saturated heterocycles. The van der Waals surface area contributed by atoms with E-state index in [0.29, 0.717) is 29.7 Å². The number of rotatable bonds is 12. The van der Waals surface area contributed by atoms with E-state index in [0.717, 1.165) is 11.3 Å². The van der Waals surface area contributed by atoms with Crippen molar-refractivity contribution >= 4 is 8.07 Å². The molecule has 3 nitrogen and oxygen atoms in total. The van der Waals surface area contributed by atoms with Crippen LogP contribution in [0.25, 0.3) is 0 Å². The second kappa shape index (κ2) is 13.9. The Morgan fingerprint density at radius 2 is 1.56 bits per heavy atom. The minimum atomic E-state index is -1.73. The van der Waals surface area contributed by atoms with Crippen LogP contribution in [0.1, 0.15) is 74.3 Å². The summed E-state index contributed by atoms with van der Waals surface area (Å²) in [5, 5.41) is 11.0. The van der Waals surface area contributed by atoms with Crippen molar-refractivity contribution in [3.8, 4) is 17.2 Å². The normalized spacial score (nSPS) is 14.8. The van der Waals surface area contributed by atoms with Gasteiger partial charge in [-0.25, -0.2) is 0 Å². The largest absolute Gasteiger partial charge is 0.497 e. The summed E-state index contributed by atoms with van der Waals surface area (Å²) in [4.78, 5) is 0. The van der Waals surface area contributed by atoms with Gasteiger partial charge in [0.25, 0.3) is 0 Å². The highest BCUT2D eigenvalue weighted by atomic mass is 28.3. The van der Waals surface area contributed by atoms with Crippen molar-refractivity contribution in [1.29, 1.82) is 0 Å². The number of ether oxygens (including phenoxy) is 2. The van der Waals surface area contributed by atoms with Crippen molar-refractivity contribution in [2.75, 3.05) is 7.11 Å². The van der Waals surface area contributed by atoms with Gasteiger partial charge in [-0.1, -0.05) is 91.7 Å². The van der Waals surface area contributed by atoms with Gasteiger partial charge in [-0.2, -0.15) is 0 Å². The van der Waals surface area contributed by atoms with Crippen LogP contribution in [-0.4, -0.2) is 32.5 Å². The number of aliphatic hydroxyl groups is 1. The third-order valence-corrected chi connectivity index (χ3v) is 13.6. The predicted octanol–water partition coefficient (Wildman–Crippen LogP) is 7.71. The predicted molar refractivity (Wildman–Crippen MR) is 149 cm³/mol. The highest BCUT2D eigenvalue weighted by molar-refractivity contribution is 6.90. The molecule has 0 bridgehead atoms. The number of benzene rings is 1. The second-order valence-electron chi connectivity index (χ2n) is 10.7. The van der Waals surface area contributed by atoms with E-state index in [2.05, 4.69) is 66.9 Å². The summed E-state index contributed by atoms with van der Waals surface area (Å²) >= 11 is 0. The zero-order valence-corrected chi connectivity index (χ0v) is 24.2. The maximum Gasteiger partial charge on any atom is 0.146 e. The van der Waals surface area contributed by atoms with E-state index in [1.807, 2.05) is 55.5 Å². The van der Waals surface area contributed by atoms with Crippen LogP contribution in [0.3, 0.4) is 0 Å². The average Bonchev–Trinajstić information content (AvgIpc) is 2.78. The van der Waals surface area contributed by atoms with Crippen molar-refractivity contribution in [2.45, 2.75) is 104 Å². The van der Waals surface area contributed by atoms with Crippen LogP contribution in [0, 0.1) is 16.9 Å². The molecule has 0 unspecified atom stereocenters. The summed E-state index contributed by atoms with van der Waals surface area (Å²) in [6.07, 6.45) is 7.75.